The van der Waals surface area contributed by atoms with E-state index in [1.54, 1.807) is 42.5 Å². The molecule has 0 unspecified atom stereocenters. The molecule has 0 atom stereocenters. The van der Waals surface area contributed by atoms with Crippen LogP contribution < -0.4 is 20.8 Å². The highest BCUT2D eigenvalue weighted by Crippen LogP contribution is 2.20. The topological polar surface area (TPSA) is 109 Å². The van der Waals surface area contributed by atoms with Crippen LogP contribution in [0.1, 0.15) is 22.3 Å². The van der Waals surface area contributed by atoms with Gasteiger partial charge in [0.1, 0.15) is 5.75 Å². The van der Waals surface area contributed by atoms with Crippen molar-refractivity contribution in [3.05, 3.63) is 87.9 Å². The van der Waals surface area contributed by atoms with Crippen molar-refractivity contribution in [1.82, 2.24) is 5.43 Å². The van der Waals surface area contributed by atoms with Gasteiger partial charge in [-0.15, -0.1) is 0 Å². The zero-order chi connectivity index (χ0) is 25.4. The highest BCUT2D eigenvalue weighted by Gasteiger charge is 2.13. The SMILES string of the molecule is Cc1ccc(NC(=O)C(=O)N/N=C\c2cccc(OCC(=O)Nc3c(C)cccc3C)c2)cc1Cl. The highest BCUT2D eigenvalue weighted by atomic mass is 35.5. The van der Waals surface area contributed by atoms with Gasteiger partial charge < -0.3 is 15.4 Å². The number of benzene rings is 3. The molecule has 0 saturated carbocycles. The van der Waals surface area contributed by atoms with Gasteiger partial charge in [0.05, 0.1) is 6.21 Å². The summed E-state index contributed by atoms with van der Waals surface area (Å²) in [6.07, 6.45) is 1.36. The summed E-state index contributed by atoms with van der Waals surface area (Å²) in [7, 11) is 0. The summed E-state index contributed by atoms with van der Waals surface area (Å²) in [4.78, 5) is 36.3. The average Bonchev–Trinajstić information content (AvgIpc) is 2.83. The number of carbonyl (C=O) groups is 3. The van der Waals surface area contributed by atoms with Crippen LogP contribution >= 0.6 is 11.6 Å². The minimum atomic E-state index is -0.937. The van der Waals surface area contributed by atoms with Crippen molar-refractivity contribution in [2.45, 2.75) is 20.8 Å². The first kappa shape index (κ1) is 25.5. The molecule has 3 N–H and O–H groups in total. The fraction of sp³-hybridized carbons (Fsp3) is 0.154. The number of nitrogens with one attached hydrogen (secondary N) is 3. The lowest BCUT2D eigenvalue weighted by molar-refractivity contribution is -0.136. The number of hydrogen-bond acceptors (Lipinski definition) is 5. The molecule has 3 aromatic carbocycles. The van der Waals surface area contributed by atoms with Crippen molar-refractivity contribution < 1.29 is 19.1 Å². The summed E-state index contributed by atoms with van der Waals surface area (Å²) in [5, 5.41) is 9.59. The van der Waals surface area contributed by atoms with Crippen molar-refractivity contribution in [3.8, 4) is 5.75 Å². The zero-order valence-corrected chi connectivity index (χ0v) is 20.3. The number of carbonyl (C=O) groups excluding carboxylic acids is 3. The van der Waals surface area contributed by atoms with E-state index in [9.17, 15) is 14.4 Å². The Bertz CT molecular complexity index is 1270. The molecule has 0 spiro atoms. The van der Waals surface area contributed by atoms with Crippen LogP contribution in [0.2, 0.25) is 5.02 Å². The molecular weight excluding hydrogens is 468 g/mol. The van der Waals surface area contributed by atoms with Crippen LogP contribution in [-0.2, 0) is 14.4 Å². The van der Waals surface area contributed by atoms with E-state index >= 15 is 0 Å². The number of nitrogens with zero attached hydrogens (tertiary/aromatic N) is 1. The molecule has 3 rings (SSSR count). The van der Waals surface area contributed by atoms with Crippen molar-refractivity contribution in [3.63, 3.8) is 0 Å². The van der Waals surface area contributed by atoms with Gasteiger partial charge in [-0.2, -0.15) is 5.10 Å². The largest absolute Gasteiger partial charge is 0.484 e. The van der Waals surface area contributed by atoms with E-state index < -0.39 is 11.8 Å². The minimum absolute atomic E-state index is 0.172. The number of halogens is 1. The predicted molar refractivity (Wildman–Crippen MR) is 137 cm³/mol. The third-order valence-electron chi connectivity index (χ3n) is 4.99. The summed E-state index contributed by atoms with van der Waals surface area (Å²) in [5.41, 5.74) is 6.72. The van der Waals surface area contributed by atoms with Crippen molar-refractivity contribution in [2.24, 2.45) is 5.10 Å². The van der Waals surface area contributed by atoms with Gasteiger partial charge >= 0.3 is 11.8 Å². The van der Waals surface area contributed by atoms with Gasteiger partial charge in [-0.25, -0.2) is 5.43 Å². The standard InChI is InChI=1S/C26H25ClN4O4/c1-16-10-11-20(13-22(16)27)29-25(33)26(34)31-28-14-19-8-5-9-21(12-19)35-15-23(32)30-24-17(2)6-4-7-18(24)3/h4-14H,15H2,1-3H3,(H,29,33)(H,30,32)(H,31,34)/b28-14-. The van der Waals surface area contributed by atoms with Crippen LogP contribution in [-0.4, -0.2) is 30.5 Å². The molecule has 3 amide bonds. The monoisotopic (exact) mass is 492 g/mol. The maximum absolute atomic E-state index is 12.3. The van der Waals surface area contributed by atoms with E-state index in [4.69, 9.17) is 16.3 Å². The molecule has 0 fully saturated rings. The summed E-state index contributed by atoms with van der Waals surface area (Å²) in [6.45, 7) is 5.50. The first-order chi connectivity index (χ1) is 16.7. The molecule has 35 heavy (non-hydrogen) atoms. The Kier molecular flexibility index (Phi) is 8.58. The van der Waals surface area contributed by atoms with E-state index in [0.717, 1.165) is 22.4 Å². The van der Waals surface area contributed by atoms with Crippen LogP contribution in [0.4, 0.5) is 11.4 Å². The second-order valence-electron chi connectivity index (χ2n) is 7.79. The van der Waals surface area contributed by atoms with Gasteiger partial charge in [0.25, 0.3) is 5.91 Å². The first-order valence-electron chi connectivity index (χ1n) is 10.7. The molecule has 0 saturated heterocycles. The minimum Gasteiger partial charge on any atom is -0.484 e. The van der Waals surface area contributed by atoms with Crippen molar-refractivity contribution >= 4 is 46.9 Å². The van der Waals surface area contributed by atoms with Gasteiger partial charge in [-0.05, 0) is 67.3 Å². The fourth-order valence-corrected chi connectivity index (χ4v) is 3.28. The predicted octanol–water partition coefficient (Wildman–Crippen LogP) is 4.37. The first-order valence-corrected chi connectivity index (χ1v) is 11.1. The van der Waals surface area contributed by atoms with Crippen LogP contribution in [0.25, 0.3) is 0 Å². The average molecular weight is 493 g/mol. The van der Waals surface area contributed by atoms with E-state index in [1.807, 2.05) is 39.0 Å². The Morgan fingerprint density at radius 1 is 0.886 bits per heavy atom. The van der Waals surface area contributed by atoms with E-state index in [0.29, 0.717) is 22.0 Å². The lowest BCUT2D eigenvalue weighted by Gasteiger charge is -2.12. The molecule has 0 aliphatic heterocycles. The normalized spacial score (nSPS) is 10.6. The highest BCUT2D eigenvalue weighted by molar-refractivity contribution is 6.39. The molecule has 8 nitrogen and oxygen atoms in total. The van der Waals surface area contributed by atoms with E-state index in [1.165, 1.54) is 6.21 Å². The number of hydrogen-bond donors (Lipinski definition) is 3. The molecule has 3 aromatic rings. The summed E-state index contributed by atoms with van der Waals surface area (Å²) >= 11 is 6.02. The maximum atomic E-state index is 12.3. The van der Waals surface area contributed by atoms with E-state index in [-0.39, 0.29) is 12.5 Å². The molecule has 0 aromatic heterocycles. The molecule has 0 bridgehead atoms. The summed E-state index contributed by atoms with van der Waals surface area (Å²) in [6, 6.07) is 17.5. The third kappa shape index (κ3) is 7.41. The lowest BCUT2D eigenvalue weighted by atomic mass is 10.1. The van der Waals surface area contributed by atoms with Crippen LogP contribution in [0, 0.1) is 20.8 Å². The van der Waals surface area contributed by atoms with E-state index in [2.05, 4.69) is 21.2 Å². The number of aryl methyl sites for hydroxylation is 3. The Hall–Kier alpha value is -4.17. The van der Waals surface area contributed by atoms with Gasteiger partial charge in [0.2, 0.25) is 0 Å². The number of anilines is 2. The van der Waals surface area contributed by atoms with Crippen molar-refractivity contribution in [1.29, 1.82) is 0 Å². The van der Waals surface area contributed by atoms with Crippen LogP contribution in [0.15, 0.2) is 65.8 Å². The molecular formula is C26H25ClN4O4. The quantitative estimate of drug-likeness (QED) is 0.258. The maximum Gasteiger partial charge on any atom is 0.329 e. The fourth-order valence-electron chi connectivity index (χ4n) is 3.10. The van der Waals surface area contributed by atoms with Crippen molar-refractivity contribution in [2.75, 3.05) is 17.2 Å². The Balaban J connectivity index is 1.50. The molecule has 0 aliphatic rings. The number of hydrazone groups is 1. The smallest absolute Gasteiger partial charge is 0.329 e. The van der Waals surface area contributed by atoms with Crippen LogP contribution in [0.3, 0.4) is 0 Å². The lowest BCUT2D eigenvalue weighted by Crippen LogP contribution is -2.32. The Morgan fingerprint density at radius 2 is 1.60 bits per heavy atom. The van der Waals surface area contributed by atoms with Gasteiger partial charge in [0, 0.05) is 16.4 Å². The number of rotatable bonds is 7. The summed E-state index contributed by atoms with van der Waals surface area (Å²) < 4.78 is 5.57. The summed E-state index contributed by atoms with van der Waals surface area (Å²) in [5.74, 6) is -1.65. The van der Waals surface area contributed by atoms with Gasteiger partial charge in [0.15, 0.2) is 6.61 Å². The second-order valence-corrected chi connectivity index (χ2v) is 8.20. The molecule has 0 heterocycles. The number of amides is 3. The van der Waals surface area contributed by atoms with Crippen LogP contribution in [0.5, 0.6) is 5.75 Å². The van der Waals surface area contributed by atoms with Gasteiger partial charge in [-0.1, -0.05) is 48.0 Å². The number of para-hydroxylation sites is 1. The molecule has 0 radical (unpaired) electrons. The molecule has 9 heteroatoms. The molecule has 0 aliphatic carbocycles. The number of ether oxygens (including phenoxy) is 1. The Labute approximate surface area is 208 Å². The van der Waals surface area contributed by atoms with Gasteiger partial charge in [-0.3, -0.25) is 14.4 Å². The Morgan fingerprint density at radius 3 is 2.31 bits per heavy atom. The third-order valence-corrected chi connectivity index (χ3v) is 5.40. The molecule has 180 valence electrons. The zero-order valence-electron chi connectivity index (χ0n) is 19.5. The second kappa shape index (κ2) is 11.8.